The van der Waals surface area contributed by atoms with E-state index in [0.29, 0.717) is 61.5 Å². The highest BCUT2D eigenvalue weighted by Crippen LogP contribution is 2.47. The van der Waals surface area contributed by atoms with Crippen LogP contribution in [0.1, 0.15) is 30.7 Å². The molecule has 13 heteroatoms. The maximum Gasteiger partial charge on any atom is 0.234 e. The molecule has 2 heterocycles. The molecule has 1 atom stereocenters. The van der Waals surface area contributed by atoms with Crippen LogP contribution in [0.4, 0.5) is 10.8 Å². The molecule has 3 N–H and O–H groups in total. The van der Waals surface area contributed by atoms with Crippen LogP contribution >= 0.6 is 46.3 Å². The minimum Gasteiger partial charge on any atom is -0.495 e. The maximum atomic E-state index is 13.2. The minimum atomic E-state index is -0.588. The van der Waals surface area contributed by atoms with Gasteiger partial charge in [-0.05, 0) is 48.7 Å². The van der Waals surface area contributed by atoms with Crippen LogP contribution in [0.15, 0.2) is 69.5 Å². The zero-order valence-corrected chi connectivity index (χ0v) is 24.3. The standard InChI is InChI=1S/C27H22Cl2N6O3S2/c1-38-21-10-9-16(29)11-18(21)32-22(37)13-39-27-34-33-26(40-27)35-19-3-2-4-20(36)24(19)23(17(12-30)25(35)31)14-5-7-15(28)8-6-14/h5-11,23H,2-4,13,31H2,1H3,(H,32,37). The first-order valence-corrected chi connectivity index (χ1v) is 14.7. The van der Waals surface area contributed by atoms with E-state index < -0.39 is 5.92 Å². The van der Waals surface area contributed by atoms with E-state index in [9.17, 15) is 14.9 Å². The molecule has 0 fully saturated rings. The average molecular weight is 614 g/mol. The lowest BCUT2D eigenvalue weighted by molar-refractivity contribution is -0.116. The molecular formula is C27H22Cl2N6O3S2. The van der Waals surface area contributed by atoms with E-state index in [0.717, 1.165) is 5.56 Å². The van der Waals surface area contributed by atoms with Crippen LogP contribution < -0.4 is 20.7 Å². The molecule has 0 bridgehead atoms. The number of nitrogens with zero attached hydrogens (tertiary/aromatic N) is 4. The number of ketones is 1. The molecule has 9 nitrogen and oxygen atoms in total. The van der Waals surface area contributed by atoms with E-state index >= 15 is 0 Å². The fraction of sp³-hybridized carbons (Fsp3) is 0.222. The van der Waals surface area contributed by atoms with E-state index in [-0.39, 0.29) is 28.8 Å². The molecule has 1 unspecified atom stereocenters. The molecule has 0 saturated carbocycles. The Balaban J connectivity index is 1.40. The number of nitrogens with one attached hydrogen (secondary N) is 1. The number of Topliss-reactive ketones (excluding diaryl/α,β-unsaturated/α-hetero) is 1. The lowest BCUT2D eigenvalue weighted by Gasteiger charge is -2.38. The number of anilines is 2. The summed E-state index contributed by atoms with van der Waals surface area (Å²) < 4.78 is 5.80. The molecule has 0 spiro atoms. The number of hydrogen-bond donors (Lipinski definition) is 2. The third-order valence-electron chi connectivity index (χ3n) is 6.47. The number of hydrogen-bond acceptors (Lipinski definition) is 10. The number of carbonyl (C=O) groups excluding carboxylic acids is 2. The second-order valence-corrected chi connectivity index (χ2v) is 12.0. The topological polar surface area (TPSA) is 134 Å². The van der Waals surface area contributed by atoms with Crippen molar-refractivity contribution in [3.63, 3.8) is 0 Å². The number of amides is 1. The zero-order chi connectivity index (χ0) is 28.4. The van der Waals surface area contributed by atoms with E-state index in [4.69, 9.17) is 33.7 Å². The molecule has 3 aromatic rings. The molecule has 1 amide bonds. The van der Waals surface area contributed by atoms with Crippen LogP contribution in [0.3, 0.4) is 0 Å². The number of halogens is 2. The Morgan fingerprint density at radius 2 is 1.98 bits per heavy atom. The summed E-state index contributed by atoms with van der Waals surface area (Å²) in [5.74, 6) is -0.141. The molecule has 0 saturated heterocycles. The second-order valence-electron chi connectivity index (χ2n) is 8.90. The molecule has 0 radical (unpaired) electrons. The number of methoxy groups -OCH3 is 1. The van der Waals surface area contributed by atoms with Gasteiger partial charge < -0.3 is 15.8 Å². The summed E-state index contributed by atoms with van der Waals surface area (Å²) >= 11 is 14.6. The Morgan fingerprint density at radius 1 is 1.23 bits per heavy atom. The molecule has 204 valence electrons. The smallest absolute Gasteiger partial charge is 0.234 e. The van der Waals surface area contributed by atoms with Crippen LogP contribution in [-0.4, -0.2) is 34.8 Å². The van der Waals surface area contributed by atoms with Crippen LogP contribution in [0.25, 0.3) is 0 Å². The second kappa shape index (κ2) is 11.9. The maximum absolute atomic E-state index is 13.2. The molecule has 40 heavy (non-hydrogen) atoms. The van der Waals surface area contributed by atoms with Crippen molar-refractivity contribution in [3.05, 3.63) is 80.7 Å². The third-order valence-corrected chi connectivity index (χ3v) is 8.99. The number of nitriles is 1. The Labute approximate surface area is 248 Å². The van der Waals surface area contributed by atoms with Gasteiger partial charge in [0.05, 0.1) is 36.1 Å². The summed E-state index contributed by atoms with van der Waals surface area (Å²) in [5, 5.41) is 22.9. The first kappa shape index (κ1) is 28.0. The number of thioether (sulfide) groups is 1. The van der Waals surface area contributed by atoms with Crippen LogP contribution in [0.2, 0.25) is 10.0 Å². The lowest BCUT2D eigenvalue weighted by Crippen LogP contribution is -2.38. The van der Waals surface area contributed by atoms with Gasteiger partial charge in [-0.25, -0.2) is 0 Å². The summed E-state index contributed by atoms with van der Waals surface area (Å²) in [4.78, 5) is 27.5. The summed E-state index contributed by atoms with van der Waals surface area (Å²) in [6.07, 6.45) is 1.64. The number of ether oxygens (including phenoxy) is 1. The fourth-order valence-corrected chi connectivity index (χ4v) is 6.71. The normalized spacial score (nSPS) is 17.0. The van der Waals surface area contributed by atoms with Gasteiger partial charge in [0.15, 0.2) is 10.1 Å². The molecule has 1 aromatic heterocycles. The quantitative estimate of drug-likeness (QED) is 0.313. The Bertz CT molecular complexity index is 1600. The number of aromatic nitrogens is 2. The van der Waals surface area contributed by atoms with Crippen molar-refractivity contribution in [2.45, 2.75) is 29.5 Å². The number of carbonyl (C=O) groups is 2. The predicted octanol–water partition coefficient (Wildman–Crippen LogP) is 5.89. The largest absolute Gasteiger partial charge is 0.495 e. The van der Waals surface area contributed by atoms with E-state index in [1.54, 1.807) is 35.2 Å². The number of rotatable bonds is 7. The molecule has 1 aliphatic heterocycles. The first-order chi connectivity index (χ1) is 19.3. The Hall–Kier alpha value is -3.56. The molecule has 1 aliphatic carbocycles. The van der Waals surface area contributed by atoms with Gasteiger partial charge in [-0.3, -0.25) is 14.5 Å². The van der Waals surface area contributed by atoms with Gasteiger partial charge in [-0.1, -0.05) is 58.4 Å². The highest BCUT2D eigenvalue weighted by atomic mass is 35.5. The molecule has 2 aromatic carbocycles. The van der Waals surface area contributed by atoms with E-state index in [1.807, 2.05) is 12.1 Å². The minimum absolute atomic E-state index is 0.0290. The van der Waals surface area contributed by atoms with Crippen LogP contribution in [0.5, 0.6) is 5.75 Å². The van der Waals surface area contributed by atoms with E-state index in [2.05, 4.69) is 21.6 Å². The van der Waals surface area contributed by atoms with Crippen molar-refractivity contribution >= 4 is 68.8 Å². The fourth-order valence-electron chi connectivity index (χ4n) is 4.74. The monoisotopic (exact) mass is 612 g/mol. The number of nitrogens with two attached hydrogens (primary N) is 1. The third kappa shape index (κ3) is 5.53. The summed E-state index contributed by atoms with van der Waals surface area (Å²) in [6, 6.07) is 14.3. The number of benzene rings is 2. The van der Waals surface area contributed by atoms with Gasteiger partial charge in [0.25, 0.3) is 0 Å². The molecular weight excluding hydrogens is 591 g/mol. The molecule has 5 rings (SSSR count). The summed E-state index contributed by atoms with van der Waals surface area (Å²) in [6.45, 7) is 0. The molecule has 2 aliphatic rings. The highest BCUT2D eigenvalue weighted by molar-refractivity contribution is 8.01. The van der Waals surface area contributed by atoms with Crippen molar-refractivity contribution < 1.29 is 14.3 Å². The van der Waals surface area contributed by atoms with Crippen molar-refractivity contribution in [2.24, 2.45) is 5.73 Å². The zero-order valence-electron chi connectivity index (χ0n) is 21.1. The van der Waals surface area contributed by atoms with Crippen molar-refractivity contribution in [2.75, 3.05) is 23.1 Å². The van der Waals surface area contributed by atoms with E-state index in [1.165, 1.54) is 30.2 Å². The Kier molecular flexibility index (Phi) is 8.32. The SMILES string of the molecule is COc1ccc(Cl)cc1NC(=O)CSc1nnc(N2C(N)=C(C#N)C(c3ccc(Cl)cc3)C3=C2CCCC3=O)s1. The van der Waals surface area contributed by atoms with Gasteiger partial charge in [-0.2, -0.15) is 5.26 Å². The van der Waals surface area contributed by atoms with Gasteiger partial charge in [0, 0.05) is 27.7 Å². The highest BCUT2D eigenvalue weighted by Gasteiger charge is 2.41. The predicted molar refractivity (Wildman–Crippen MR) is 157 cm³/mol. The Morgan fingerprint density at radius 3 is 2.70 bits per heavy atom. The summed E-state index contributed by atoms with van der Waals surface area (Å²) in [5.41, 5.74) is 9.33. The van der Waals surface area contributed by atoms with Gasteiger partial charge >= 0.3 is 0 Å². The van der Waals surface area contributed by atoms with Gasteiger partial charge in [0.1, 0.15) is 11.6 Å². The summed E-state index contributed by atoms with van der Waals surface area (Å²) in [7, 11) is 1.51. The van der Waals surface area contributed by atoms with Gasteiger partial charge in [-0.15, -0.1) is 10.2 Å². The van der Waals surface area contributed by atoms with Crippen molar-refractivity contribution in [1.82, 2.24) is 10.2 Å². The lowest BCUT2D eigenvalue weighted by atomic mass is 9.76. The van der Waals surface area contributed by atoms with Crippen LogP contribution in [-0.2, 0) is 9.59 Å². The average Bonchev–Trinajstić information content (AvgIpc) is 3.40. The van der Waals surface area contributed by atoms with Crippen molar-refractivity contribution in [1.29, 1.82) is 5.26 Å². The van der Waals surface area contributed by atoms with Crippen molar-refractivity contribution in [3.8, 4) is 11.8 Å². The number of allylic oxidation sites excluding steroid dienone is 3. The first-order valence-electron chi connectivity index (χ1n) is 12.1. The van der Waals surface area contributed by atoms with Gasteiger partial charge in [0.2, 0.25) is 11.0 Å². The van der Waals surface area contributed by atoms with Crippen LogP contribution in [0, 0.1) is 11.3 Å².